The lowest BCUT2D eigenvalue weighted by atomic mass is 10.2. The first-order valence-corrected chi connectivity index (χ1v) is 6.71. The highest BCUT2D eigenvalue weighted by molar-refractivity contribution is 6.04. The van der Waals surface area contributed by atoms with Crippen molar-refractivity contribution < 1.29 is 18.5 Å². The molecule has 0 spiro atoms. The Kier molecular flexibility index (Phi) is 2.56. The summed E-state index contributed by atoms with van der Waals surface area (Å²) in [6.07, 6.45) is 4.59. The van der Waals surface area contributed by atoms with E-state index in [0.29, 0.717) is 23.8 Å². The van der Waals surface area contributed by atoms with Crippen molar-refractivity contribution in [2.24, 2.45) is 0 Å². The summed E-state index contributed by atoms with van der Waals surface area (Å²) in [6.45, 7) is 0.671. The molecule has 1 atom stereocenters. The monoisotopic (exact) mass is 288 g/mol. The van der Waals surface area contributed by atoms with E-state index in [1.165, 1.54) is 17.4 Å². The number of fused-ring (bicyclic) bond motifs is 1. The molecule has 2 aromatic heterocycles. The summed E-state index contributed by atoms with van der Waals surface area (Å²) < 4.78 is 10.0. The molecular weight excluding hydrogens is 276 g/mol. The van der Waals surface area contributed by atoms with Crippen LogP contribution in [0.3, 0.4) is 0 Å². The maximum Gasteiger partial charge on any atom is 0.327 e. The van der Waals surface area contributed by atoms with Gasteiger partial charge in [0.1, 0.15) is 12.3 Å². The molecule has 0 bridgehead atoms. The molecule has 0 saturated carbocycles. The van der Waals surface area contributed by atoms with Gasteiger partial charge < -0.3 is 13.8 Å². The second-order valence-corrected chi connectivity index (χ2v) is 5.09. The molecule has 4 heterocycles. The van der Waals surface area contributed by atoms with Crippen molar-refractivity contribution >= 4 is 11.9 Å². The van der Waals surface area contributed by atoms with Gasteiger partial charge in [-0.05, 0) is 18.9 Å². The lowest BCUT2D eigenvalue weighted by Crippen LogP contribution is -2.33. The third kappa shape index (κ3) is 1.83. The van der Waals surface area contributed by atoms with E-state index in [1.807, 2.05) is 0 Å². The number of imide groups is 1. The molecule has 2 aliphatic rings. The summed E-state index contributed by atoms with van der Waals surface area (Å²) in [5, 5.41) is 3.81. The Labute approximate surface area is 119 Å². The van der Waals surface area contributed by atoms with E-state index in [9.17, 15) is 9.59 Å². The molecule has 0 radical (unpaired) electrons. The maximum absolute atomic E-state index is 12.2. The standard InChI is InChI=1S/C13H12N4O4/c18-12-9-2-1-4-16(9)13(19)17(12)6-10-14-11(21-15-10)8-3-5-20-7-8/h3,5,7,9H,1-2,4,6H2/t9-/m0/s1. The van der Waals surface area contributed by atoms with E-state index >= 15 is 0 Å². The van der Waals surface area contributed by atoms with Crippen LogP contribution >= 0.6 is 0 Å². The van der Waals surface area contributed by atoms with Crippen molar-refractivity contribution in [1.29, 1.82) is 0 Å². The average Bonchev–Trinajstić information content (AvgIpc) is 3.24. The molecule has 2 aromatic rings. The van der Waals surface area contributed by atoms with Gasteiger partial charge in [0.2, 0.25) is 0 Å². The van der Waals surface area contributed by atoms with Crippen molar-refractivity contribution in [3.05, 3.63) is 24.4 Å². The van der Waals surface area contributed by atoms with E-state index in [4.69, 9.17) is 8.94 Å². The van der Waals surface area contributed by atoms with Gasteiger partial charge in [0, 0.05) is 6.54 Å². The second kappa shape index (κ2) is 4.44. The van der Waals surface area contributed by atoms with Gasteiger partial charge in [-0.15, -0.1) is 0 Å². The fourth-order valence-corrected chi connectivity index (χ4v) is 2.79. The summed E-state index contributed by atoms with van der Waals surface area (Å²) in [5.74, 6) is 0.430. The van der Waals surface area contributed by atoms with Gasteiger partial charge in [0.05, 0.1) is 18.4 Å². The van der Waals surface area contributed by atoms with E-state index < -0.39 is 0 Å². The van der Waals surface area contributed by atoms with E-state index in [1.54, 1.807) is 11.0 Å². The first-order valence-electron chi connectivity index (χ1n) is 6.71. The predicted molar refractivity (Wildman–Crippen MR) is 67.7 cm³/mol. The van der Waals surface area contributed by atoms with Crippen LogP contribution in [0.5, 0.6) is 0 Å². The summed E-state index contributed by atoms with van der Waals surface area (Å²) in [7, 11) is 0. The topological polar surface area (TPSA) is 92.7 Å². The minimum absolute atomic E-state index is 0.0337. The average molecular weight is 288 g/mol. The van der Waals surface area contributed by atoms with Crippen molar-refractivity contribution in [1.82, 2.24) is 19.9 Å². The quantitative estimate of drug-likeness (QED) is 0.789. The van der Waals surface area contributed by atoms with Gasteiger partial charge in [-0.3, -0.25) is 9.69 Å². The van der Waals surface area contributed by atoms with Gasteiger partial charge in [-0.1, -0.05) is 5.16 Å². The van der Waals surface area contributed by atoms with Crippen LogP contribution in [0.1, 0.15) is 18.7 Å². The zero-order chi connectivity index (χ0) is 14.4. The molecule has 2 saturated heterocycles. The molecular formula is C13H12N4O4. The van der Waals surface area contributed by atoms with Crippen LogP contribution in [0.4, 0.5) is 4.79 Å². The lowest BCUT2D eigenvalue weighted by Gasteiger charge is -2.13. The molecule has 8 nitrogen and oxygen atoms in total. The first kappa shape index (κ1) is 12.1. The minimum atomic E-state index is -0.308. The summed E-state index contributed by atoms with van der Waals surface area (Å²) in [5.41, 5.74) is 0.661. The van der Waals surface area contributed by atoms with Crippen LogP contribution < -0.4 is 0 Å². The van der Waals surface area contributed by atoms with Gasteiger partial charge in [0.15, 0.2) is 5.82 Å². The van der Waals surface area contributed by atoms with Crippen LogP contribution in [0.25, 0.3) is 11.5 Å². The van der Waals surface area contributed by atoms with Gasteiger partial charge in [0.25, 0.3) is 11.8 Å². The number of amides is 3. The molecule has 0 aromatic carbocycles. The highest BCUT2D eigenvalue weighted by Gasteiger charge is 2.47. The lowest BCUT2D eigenvalue weighted by molar-refractivity contribution is -0.128. The number of nitrogens with zero attached hydrogens (tertiary/aromatic N) is 4. The number of rotatable bonds is 3. The zero-order valence-electron chi connectivity index (χ0n) is 11.1. The van der Waals surface area contributed by atoms with Crippen LogP contribution in [0, 0.1) is 0 Å². The molecule has 2 fully saturated rings. The second-order valence-electron chi connectivity index (χ2n) is 5.09. The Balaban J connectivity index is 1.54. The van der Waals surface area contributed by atoms with Crippen molar-refractivity contribution in [3.63, 3.8) is 0 Å². The maximum atomic E-state index is 12.2. The Morgan fingerprint density at radius 1 is 1.38 bits per heavy atom. The molecule has 0 unspecified atom stereocenters. The van der Waals surface area contributed by atoms with Crippen LogP contribution in [-0.4, -0.2) is 44.5 Å². The largest absolute Gasteiger partial charge is 0.472 e. The molecule has 0 aliphatic carbocycles. The molecule has 8 heteroatoms. The normalized spacial score (nSPS) is 21.4. The third-order valence-electron chi connectivity index (χ3n) is 3.82. The summed E-state index contributed by atoms with van der Waals surface area (Å²) >= 11 is 0. The van der Waals surface area contributed by atoms with Gasteiger partial charge >= 0.3 is 6.03 Å². The smallest absolute Gasteiger partial charge is 0.327 e. The van der Waals surface area contributed by atoms with Crippen LogP contribution in [0.15, 0.2) is 27.5 Å². The summed E-state index contributed by atoms with van der Waals surface area (Å²) in [6, 6.07) is 1.12. The molecule has 21 heavy (non-hydrogen) atoms. The van der Waals surface area contributed by atoms with Crippen molar-refractivity contribution in [3.8, 4) is 11.5 Å². The number of urea groups is 1. The van der Waals surface area contributed by atoms with Crippen molar-refractivity contribution in [2.75, 3.05) is 6.54 Å². The number of carbonyl (C=O) groups excluding carboxylic acids is 2. The summed E-state index contributed by atoms with van der Waals surface area (Å²) in [4.78, 5) is 31.3. The van der Waals surface area contributed by atoms with Crippen LogP contribution in [-0.2, 0) is 11.3 Å². The minimum Gasteiger partial charge on any atom is -0.472 e. The molecule has 4 rings (SSSR count). The third-order valence-corrected chi connectivity index (χ3v) is 3.82. The number of aromatic nitrogens is 2. The Morgan fingerprint density at radius 3 is 3.05 bits per heavy atom. The SMILES string of the molecule is O=C1[C@@H]2CCCN2C(=O)N1Cc1noc(-c2ccoc2)n1. The van der Waals surface area contributed by atoms with Crippen molar-refractivity contribution in [2.45, 2.75) is 25.4 Å². The fourth-order valence-electron chi connectivity index (χ4n) is 2.79. The van der Waals surface area contributed by atoms with Gasteiger partial charge in [-0.2, -0.15) is 4.98 Å². The predicted octanol–water partition coefficient (Wildman–Crippen LogP) is 1.26. The van der Waals surface area contributed by atoms with Crippen LogP contribution in [0.2, 0.25) is 0 Å². The number of furan rings is 1. The fraction of sp³-hybridized carbons (Fsp3) is 0.385. The number of carbonyl (C=O) groups is 2. The van der Waals surface area contributed by atoms with Gasteiger partial charge in [-0.25, -0.2) is 4.79 Å². The zero-order valence-corrected chi connectivity index (χ0v) is 11.1. The van der Waals surface area contributed by atoms with E-state index in [2.05, 4.69) is 10.1 Å². The Morgan fingerprint density at radius 2 is 2.29 bits per heavy atom. The molecule has 2 aliphatic heterocycles. The highest BCUT2D eigenvalue weighted by atomic mass is 16.5. The van der Waals surface area contributed by atoms with E-state index in [-0.39, 0.29) is 24.5 Å². The van der Waals surface area contributed by atoms with E-state index in [0.717, 1.165) is 12.8 Å². The Bertz CT molecular complexity index is 671. The Hall–Kier alpha value is -2.64. The number of hydrogen-bond acceptors (Lipinski definition) is 6. The first-order chi connectivity index (χ1) is 10.2. The number of hydrogen-bond donors (Lipinski definition) is 0. The molecule has 3 amide bonds. The highest BCUT2D eigenvalue weighted by Crippen LogP contribution is 2.28. The molecule has 0 N–H and O–H groups in total. The molecule has 108 valence electrons.